The Morgan fingerprint density at radius 1 is 1.44 bits per heavy atom. The molecule has 0 atom stereocenters. The molecule has 5 nitrogen and oxygen atoms in total. The minimum atomic E-state index is -3.95. The summed E-state index contributed by atoms with van der Waals surface area (Å²) < 4.78 is 35.7. The van der Waals surface area contributed by atoms with E-state index in [1.54, 1.807) is 0 Å². The number of rotatable bonds is 2. The first-order valence-electron chi connectivity index (χ1n) is 4.32. The van der Waals surface area contributed by atoms with Crippen LogP contribution in [0.4, 0.5) is 4.39 Å². The van der Waals surface area contributed by atoms with Gasteiger partial charge >= 0.3 is 0 Å². The number of carbonyl (C=O) groups is 1. The van der Waals surface area contributed by atoms with E-state index in [2.05, 4.69) is 5.32 Å². The summed E-state index contributed by atoms with van der Waals surface area (Å²) in [6.07, 6.45) is 0. The smallest absolute Gasteiger partial charge is 0.254 e. The molecule has 0 bridgehead atoms. The van der Waals surface area contributed by atoms with E-state index in [-0.39, 0.29) is 16.0 Å². The van der Waals surface area contributed by atoms with Crippen molar-refractivity contribution in [2.45, 2.75) is 11.8 Å². The van der Waals surface area contributed by atoms with Gasteiger partial charge in [0.2, 0.25) is 10.0 Å². The molecule has 1 aromatic carbocycles. The van der Waals surface area contributed by atoms with Crippen LogP contribution in [0.15, 0.2) is 17.0 Å². The summed E-state index contributed by atoms with van der Waals surface area (Å²) in [5, 5.41) is 7.12. The van der Waals surface area contributed by atoms with Gasteiger partial charge in [-0.2, -0.15) is 0 Å². The number of sulfonamides is 1. The Morgan fingerprint density at radius 3 is 2.44 bits per heavy atom. The van der Waals surface area contributed by atoms with Crippen molar-refractivity contribution in [1.82, 2.24) is 5.32 Å². The number of aryl methyl sites for hydroxylation is 1. The zero-order chi connectivity index (χ0) is 12.5. The summed E-state index contributed by atoms with van der Waals surface area (Å²) in [5.74, 6) is -1.46. The van der Waals surface area contributed by atoms with E-state index in [1.165, 1.54) is 14.0 Å². The van der Waals surface area contributed by atoms with Crippen molar-refractivity contribution in [2.75, 3.05) is 7.05 Å². The van der Waals surface area contributed by atoms with Crippen molar-refractivity contribution in [3.63, 3.8) is 0 Å². The number of primary sulfonamides is 1. The third-order valence-electron chi connectivity index (χ3n) is 2.03. The van der Waals surface area contributed by atoms with Crippen molar-refractivity contribution < 1.29 is 17.6 Å². The molecular weight excluding hydrogens is 235 g/mol. The van der Waals surface area contributed by atoms with E-state index >= 15 is 0 Å². The summed E-state index contributed by atoms with van der Waals surface area (Å²) in [4.78, 5) is 11.0. The standard InChI is InChI=1S/C9H11FN2O3S/c1-5-3-6(16(11,14)15)4-7(8(5)10)9(13)12-2/h3-4H,1-2H3,(H,12,13)(H2,11,14,15). The van der Waals surface area contributed by atoms with E-state index < -0.39 is 21.7 Å². The summed E-state index contributed by atoms with van der Waals surface area (Å²) in [7, 11) is -2.63. The van der Waals surface area contributed by atoms with Crippen LogP contribution in [0.25, 0.3) is 0 Å². The monoisotopic (exact) mass is 246 g/mol. The normalized spacial score (nSPS) is 11.2. The first-order chi connectivity index (χ1) is 7.27. The van der Waals surface area contributed by atoms with E-state index in [4.69, 9.17) is 5.14 Å². The fourth-order valence-electron chi connectivity index (χ4n) is 1.20. The Bertz CT molecular complexity index is 540. The number of hydrogen-bond donors (Lipinski definition) is 2. The second-order valence-corrected chi connectivity index (χ2v) is 4.79. The largest absolute Gasteiger partial charge is 0.355 e. The van der Waals surface area contributed by atoms with Crippen LogP contribution in [-0.2, 0) is 10.0 Å². The first kappa shape index (κ1) is 12.6. The summed E-state index contributed by atoms with van der Waals surface area (Å²) in [6.45, 7) is 1.36. The molecule has 0 aromatic heterocycles. The minimum Gasteiger partial charge on any atom is -0.355 e. The molecule has 0 aliphatic carbocycles. The molecule has 0 aliphatic heterocycles. The molecule has 0 spiro atoms. The lowest BCUT2D eigenvalue weighted by atomic mass is 10.1. The van der Waals surface area contributed by atoms with Gasteiger partial charge < -0.3 is 5.32 Å². The highest BCUT2D eigenvalue weighted by molar-refractivity contribution is 7.89. The number of halogens is 1. The lowest BCUT2D eigenvalue weighted by molar-refractivity contribution is 0.0958. The number of carbonyl (C=O) groups excluding carboxylic acids is 1. The molecule has 1 amide bonds. The van der Waals surface area contributed by atoms with Crippen molar-refractivity contribution >= 4 is 15.9 Å². The molecule has 1 rings (SSSR count). The highest BCUT2D eigenvalue weighted by Gasteiger charge is 2.18. The van der Waals surface area contributed by atoms with E-state index in [0.717, 1.165) is 12.1 Å². The second-order valence-electron chi connectivity index (χ2n) is 3.23. The Balaban J connectivity index is 3.51. The predicted octanol–water partition coefficient (Wildman–Crippen LogP) is 0.141. The van der Waals surface area contributed by atoms with Gasteiger partial charge in [0, 0.05) is 7.05 Å². The maximum Gasteiger partial charge on any atom is 0.254 e. The number of benzene rings is 1. The van der Waals surface area contributed by atoms with Crippen LogP contribution in [0, 0.1) is 12.7 Å². The molecule has 3 N–H and O–H groups in total. The van der Waals surface area contributed by atoms with Gasteiger partial charge in [-0.3, -0.25) is 4.79 Å². The number of nitrogens with two attached hydrogens (primary N) is 1. The molecular formula is C9H11FN2O3S. The van der Waals surface area contributed by atoms with Crippen LogP contribution in [0.2, 0.25) is 0 Å². The summed E-state index contributed by atoms with van der Waals surface area (Å²) in [5.41, 5.74) is -0.295. The molecule has 7 heteroatoms. The Labute approximate surface area is 92.5 Å². The molecule has 0 saturated heterocycles. The molecule has 0 radical (unpaired) electrons. The third kappa shape index (κ3) is 2.37. The maximum atomic E-state index is 13.5. The summed E-state index contributed by atoms with van der Waals surface area (Å²) in [6, 6.07) is 1.99. The van der Waals surface area contributed by atoms with Gasteiger partial charge in [0.15, 0.2) is 0 Å². The average molecular weight is 246 g/mol. The molecule has 0 saturated carbocycles. The Kier molecular flexibility index (Phi) is 3.30. The van der Waals surface area contributed by atoms with E-state index in [0.29, 0.717) is 0 Å². The molecule has 88 valence electrons. The highest BCUT2D eigenvalue weighted by atomic mass is 32.2. The van der Waals surface area contributed by atoms with E-state index in [1.807, 2.05) is 0 Å². The Morgan fingerprint density at radius 2 is 2.00 bits per heavy atom. The Hall–Kier alpha value is -1.47. The van der Waals surface area contributed by atoms with Crippen LogP contribution in [0.5, 0.6) is 0 Å². The fraction of sp³-hybridized carbons (Fsp3) is 0.222. The van der Waals surface area contributed by atoms with E-state index in [9.17, 15) is 17.6 Å². The SMILES string of the molecule is CNC(=O)c1cc(S(N)(=O)=O)cc(C)c1F. The van der Waals surface area contributed by atoms with Crippen LogP contribution >= 0.6 is 0 Å². The van der Waals surface area contributed by atoms with Gasteiger partial charge in [-0.05, 0) is 24.6 Å². The number of hydrogen-bond acceptors (Lipinski definition) is 3. The number of amides is 1. The zero-order valence-electron chi connectivity index (χ0n) is 8.74. The van der Waals surface area contributed by atoms with Gasteiger partial charge in [0.25, 0.3) is 5.91 Å². The third-order valence-corrected chi connectivity index (χ3v) is 2.92. The molecule has 1 aromatic rings. The van der Waals surface area contributed by atoms with Crippen molar-refractivity contribution in [3.05, 3.63) is 29.1 Å². The van der Waals surface area contributed by atoms with Crippen molar-refractivity contribution in [1.29, 1.82) is 0 Å². The van der Waals surface area contributed by atoms with Crippen LogP contribution in [-0.4, -0.2) is 21.4 Å². The summed E-state index contributed by atoms with van der Waals surface area (Å²) >= 11 is 0. The predicted molar refractivity (Wildman–Crippen MR) is 55.9 cm³/mol. The fourth-order valence-corrected chi connectivity index (χ4v) is 1.82. The van der Waals surface area contributed by atoms with Crippen molar-refractivity contribution in [3.8, 4) is 0 Å². The molecule has 0 aliphatic rings. The molecule has 16 heavy (non-hydrogen) atoms. The van der Waals surface area contributed by atoms with Crippen LogP contribution < -0.4 is 10.5 Å². The maximum absolute atomic E-state index is 13.5. The quantitative estimate of drug-likeness (QED) is 0.777. The lowest BCUT2D eigenvalue weighted by Gasteiger charge is -2.07. The van der Waals surface area contributed by atoms with Gasteiger partial charge in [-0.15, -0.1) is 0 Å². The lowest BCUT2D eigenvalue weighted by Crippen LogP contribution is -2.21. The average Bonchev–Trinajstić information content (AvgIpc) is 2.19. The van der Waals surface area contributed by atoms with Crippen LogP contribution in [0.1, 0.15) is 15.9 Å². The molecule has 0 fully saturated rings. The van der Waals surface area contributed by atoms with Crippen molar-refractivity contribution in [2.24, 2.45) is 5.14 Å². The van der Waals surface area contributed by atoms with Gasteiger partial charge in [0.05, 0.1) is 10.5 Å². The van der Waals surface area contributed by atoms with Gasteiger partial charge in [0.1, 0.15) is 5.82 Å². The van der Waals surface area contributed by atoms with Gasteiger partial charge in [-0.25, -0.2) is 17.9 Å². The first-order valence-corrected chi connectivity index (χ1v) is 5.87. The second kappa shape index (κ2) is 4.18. The molecule has 0 heterocycles. The highest BCUT2D eigenvalue weighted by Crippen LogP contribution is 2.18. The molecule has 0 unspecified atom stereocenters. The van der Waals surface area contributed by atoms with Gasteiger partial charge in [-0.1, -0.05) is 0 Å². The minimum absolute atomic E-state index is 0.0464. The topological polar surface area (TPSA) is 89.3 Å². The van der Waals surface area contributed by atoms with Crippen LogP contribution in [0.3, 0.4) is 0 Å². The zero-order valence-corrected chi connectivity index (χ0v) is 9.56. The number of nitrogens with one attached hydrogen (secondary N) is 1.